The minimum atomic E-state index is -1.62. The van der Waals surface area contributed by atoms with Crippen LogP contribution in [0.5, 0.6) is 0 Å². The molecule has 2 bridgehead atoms. The third kappa shape index (κ3) is 4.68. The fraction of sp³-hybridized carbons (Fsp3) is 0.652. The molecular weight excluding hydrogens is 334 g/mol. The topological polar surface area (TPSA) is 12.5 Å². The number of rotatable bonds is 6. The summed E-state index contributed by atoms with van der Waals surface area (Å²) in [5, 5.41) is 0.303. The molecular formula is C23H37NOSi. The zero-order valence-electron chi connectivity index (χ0n) is 17.4. The highest BCUT2D eigenvalue weighted by Gasteiger charge is 2.37. The van der Waals surface area contributed by atoms with E-state index in [1.807, 2.05) is 0 Å². The van der Waals surface area contributed by atoms with Crippen LogP contribution in [-0.2, 0) is 11.0 Å². The predicted molar refractivity (Wildman–Crippen MR) is 114 cm³/mol. The molecule has 3 rings (SSSR count). The lowest BCUT2D eigenvalue weighted by Crippen LogP contribution is -2.48. The Labute approximate surface area is 161 Å². The Kier molecular flexibility index (Phi) is 6.10. The molecule has 0 saturated carbocycles. The van der Waals surface area contributed by atoms with Gasteiger partial charge in [0.25, 0.3) is 0 Å². The maximum Gasteiger partial charge on any atom is 0.191 e. The van der Waals surface area contributed by atoms with Gasteiger partial charge in [0.2, 0.25) is 0 Å². The molecule has 0 aliphatic carbocycles. The molecule has 0 aromatic heterocycles. The number of fused-ring (bicyclic) bond motifs is 2. The fourth-order valence-electron chi connectivity index (χ4n) is 4.09. The first-order valence-electron chi connectivity index (χ1n) is 10.4. The number of hydrogen-bond donors (Lipinski definition) is 0. The molecule has 2 unspecified atom stereocenters. The van der Waals surface area contributed by atoms with Gasteiger partial charge in [0.15, 0.2) is 8.32 Å². The van der Waals surface area contributed by atoms with E-state index in [2.05, 4.69) is 75.2 Å². The summed E-state index contributed by atoms with van der Waals surface area (Å²) in [6, 6.07) is 12.3. The molecule has 2 heterocycles. The lowest BCUT2D eigenvalue weighted by Gasteiger charge is -2.45. The quantitative estimate of drug-likeness (QED) is 0.439. The Morgan fingerprint density at radius 2 is 1.85 bits per heavy atom. The van der Waals surface area contributed by atoms with Crippen molar-refractivity contribution in [3.05, 3.63) is 47.5 Å². The van der Waals surface area contributed by atoms with Crippen molar-refractivity contribution in [3.8, 4) is 0 Å². The van der Waals surface area contributed by atoms with E-state index in [0.717, 1.165) is 25.6 Å². The maximum absolute atomic E-state index is 6.43. The van der Waals surface area contributed by atoms with Crippen molar-refractivity contribution in [2.75, 3.05) is 6.61 Å². The van der Waals surface area contributed by atoms with Crippen molar-refractivity contribution in [3.63, 3.8) is 0 Å². The molecule has 1 aromatic rings. The zero-order valence-corrected chi connectivity index (χ0v) is 18.4. The van der Waals surface area contributed by atoms with Crippen LogP contribution in [0.15, 0.2) is 42.0 Å². The molecule has 0 spiro atoms. The van der Waals surface area contributed by atoms with E-state index in [1.54, 1.807) is 5.57 Å². The maximum atomic E-state index is 6.43. The molecule has 1 aromatic carbocycles. The number of hydrogen-bond acceptors (Lipinski definition) is 2. The van der Waals surface area contributed by atoms with Gasteiger partial charge in [-0.05, 0) is 49.4 Å². The minimum Gasteiger partial charge on any atom is -0.417 e. The van der Waals surface area contributed by atoms with Crippen LogP contribution < -0.4 is 0 Å². The highest BCUT2D eigenvalue weighted by Crippen LogP contribution is 2.38. The lowest BCUT2D eigenvalue weighted by atomic mass is 9.84. The first-order valence-corrected chi connectivity index (χ1v) is 13.3. The van der Waals surface area contributed by atoms with Crippen molar-refractivity contribution >= 4 is 8.32 Å². The van der Waals surface area contributed by atoms with Crippen molar-refractivity contribution < 1.29 is 4.43 Å². The first kappa shape index (κ1) is 19.8. The van der Waals surface area contributed by atoms with Gasteiger partial charge in [-0.3, -0.25) is 4.90 Å². The van der Waals surface area contributed by atoms with Crippen LogP contribution in [0, 0.1) is 0 Å². The van der Waals surface area contributed by atoms with Gasteiger partial charge in [-0.15, -0.1) is 0 Å². The first-order chi connectivity index (χ1) is 12.3. The normalized spacial score (nSPS) is 24.4. The number of benzene rings is 1. The van der Waals surface area contributed by atoms with Crippen molar-refractivity contribution in [1.82, 2.24) is 4.90 Å². The van der Waals surface area contributed by atoms with Gasteiger partial charge in [-0.2, -0.15) is 0 Å². The van der Waals surface area contributed by atoms with Crippen LogP contribution in [0.4, 0.5) is 0 Å². The van der Waals surface area contributed by atoms with Gasteiger partial charge in [-0.1, -0.05) is 69.2 Å². The zero-order chi connectivity index (χ0) is 18.8. The Morgan fingerprint density at radius 1 is 1.12 bits per heavy atom. The van der Waals surface area contributed by atoms with Gasteiger partial charge in [0, 0.05) is 25.2 Å². The summed E-state index contributed by atoms with van der Waals surface area (Å²) in [6.07, 6.45) is 8.99. The Bertz CT molecular complexity index is 617. The second-order valence-corrected chi connectivity index (χ2v) is 14.5. The highest BCUT2D eigenvalue weighted by atomic mass is 28.4. The van der Waals surface area contributed by atoms with Gasteiger partial charge in [0.1, 0.15) is 0 Å². The van der Waals surface area contributed by atoms with E-state index < -0.39 is 8.32 Å². The van der Waals surface area contributed by atoms with E-state index in [4.69, 9.17) is 4.43 Å². The SMILES string of the molecule is CC(C)(C)[Si](C)(C)OCCC1=CC2CCCC(C1)N2Cc1ccccc1. The largest absolute Gasteiger partial charge is 0.417 e. The van der Waals surface area contributed by atoms with E-state index in [0.29, 0.717) is 11.1 Å². The average Bonchev–Trinajstić information content (AvgIpc) is 2.55. The fourth-order valence-corrected chi connectivity index (χ4v) is 5.13. The standard InChI is InChI=1S/C23H37NOSi/c1-23(2,3)26(4,5)25-15-14-20-16-21-12-9-13-22(17-20)24(21)18-19-10-7-6-8-11-19/h6-8,10-11,16,21-22H,9,12-15,17-18H2,1-5H3. The molecule has 2 nitrogen and oxygen atoms in total. The van der Waals surface area contributed by atoms with Crippen molar-refractivity contribution in [2.45, 2.75) is 89.6 Å². The molecule has 3 heteroatoms. The van der Waals surface area contributed by atoms with Crippen LogP contribution >= 0.6 is 0 Å². The Hall–Kier alpha value is -0.903. The second-order valence-electron chi connectivity index (χ2n) is 9.70. The van der Waals surface area contributed by atoms with Gasteiger partial charge in [0.05, 0.1) is 0 Å². The van der Waals surface area contributed by atoms with E-state index >= 15 is 0 Å². The highest BCUT2D eigenvalue weighted by molar-refractivity contribution is 6.74. The molecule has 1 fully saturated rings. The van der Waals surface area contributed by atoms with Crippen LogP contribution in [-0.4, -0.2) is 31.9 Å². The second kappa shape index (κ2) is 8.00. The Balaban J connectivity index is 1.59. The third-order valence-corrected chi connectivity index (χ3v) is 11.3. The smallest absolute Gasteiger partial charge is 0.191 e. The van der Waals surface area contributed by atoms with Gasteiger partial charge >= 0.3 is 0 Å². The average molecular weight is 372 g/mol. The summed E-state index contributed by atoms with van der Waals surface area (Å²) in [4.78, 5) is 2.75. The van der Waals surface area contributed by atoms with Crippen LogP contribution in [0.3, 0.4) is 0 Å². The number of piperidine rings is 1. The summed E-state index contributed by atoms with van der Waals surface area (Å²) in [6.45, 7) is 13.7. The van der Waals surface area contributed by atoms with E-state index in [-0.39, 0.29) is 0 Å². The molecule has 0 radical (unpaired) electrons. The molecule has 1 saturated heterocycles. The molecule has 2 atom stereocenters. The molecule has 2 aliphatic rings. The van der Waals surface area contributed by atoms with E-state index in [9.17, 15) is 0 Å². The molecule has 0 N–H and O–H groups in total. The minimum absolute atomic E-state index is 0.303. The predicted octanol–water partition coefficient (Wildman–Crippen LogP) is 6.15. The van der Waals surface area contributed by atoms with Crippen molar-refractivity contribution in [1.29, 1.82) is 0 Å². The van der Waals surface area contributed by atoms with E-state index in [1.165, 1.54) is 31.2 Å². The monoisotopic (exact) mass is 371 g/mol. The Morgan fingerprint density at radius 3 is 2.50 bits per heavy atom. The third-order valence-electron chi connectivity index (χ3n) is 6.76. The van der Waals surface area contributed by atoms with Crippen LogP contribution in [0.2, 0.25) is 18.1 Å². The van der Waals surface area contributed by atoms with Gasteiger partial charge in [-0.25, -0.2) is 0 Å². The molecule has 2 aliphatic heterocycles. The molecule has 144 valence electrons. The summed E-state index contributed by atoms with van der Waals surface area (Å²) >= 11 is 0. The van der Waals surface area contributed by atoms with Crippen LogP contribution in [0.25, 0.3) is 0 Å². The summed E-state index contributed by atoms with van der Waals surface area (Å²) < 4.78 is 6.43. The van der Waals surface area contributed by atoms with Crippen molar-refractivity contribution in [2.24, 2.45) is 0 Å². The summed E-state index contributed by atoms with van der Waals surface area (Å²) in [7, 11) is -1.62. The summed E-state index contributed by atoms with van der Waals surface area (Å²) in [5.41, 5.74) is 3.09. The van der Waals surface area contributed by atoms with Gasteiger partial charge < -0.3 is 4.43 Å². The summed E-state index contributed by atoms with van der Waals surface area (Å²) in [5.74, 6) is 0. The van der Waals surface area contributed by atoms with Crippen LogP contribution in [0.1, 0.15) is 58.4 Å². The number of nitrogens with zero attached hydrogens (tertiary/aromatic N) is 1. The molecule has 26 heavy (non-hydrogen) atoms. The molecule has 0 amide bonds. The lowest BCUT2D eigenvalue weighted by molar-refractivity contribution is 0.0868.